The Kier molecular flexibility index (Phi) is 3.37. The van der Waals surface area contributed by atoms with Crippen molar-refractivity contribution in [3.8, 4) is 17.1 Å². The standard InChI is InChI=1S/C15H11ClN2O3/c16-9-2-4-13(20)10(6-9)15-17-11-3-1-8(14(21)7-19)5-12(11)18-15/h1-6,19-20H,7H2,(H,17,18). The maximum Gasteiger partial charge on any atom is 0.188 e. The third kappa shape index (κ3) is 2.49. The monoisotopic (exact) mass is 302 g/mol. The molecule has 0 radical (unpaired) electrons. The fourth-order valence-electron chi connectivity index (χ4n) is 2.10. The summed E-state index contributed by atoms with van der Waals surface area (Å²) in [6.45, 7) is -0.540. The molecule has 5 nitrogen and oxygen atoms in total. The minimum Gasteiger partial charge on any atom is -0.507 e. The molecule has 6 heteroatoms. The number of aromatic hydroxyl groups is 1. The van der Waals surface area contributed by atoms with Crippen LogP contribution in [0, 0.1) is 0 Å². The summed E-state index contributed by atoms with van der Waals surface area (Å²) in [5.41, 5.74) is 2.17. The van der Waals surface area contributed by atoms with Crippen molar-refractivity contribution in [2.24, 2.45) is 0 Å². The van der Waals surface area contributed by atoms with Crippen LogP contribution < -0.4 is 0 Å². The van der Waals surface area contributed by atoms with Gasteiger partial charge in [0.15, 0.2) is 5.78 Å². The molecule has 1 aromatic heterocycles. The van der Waals surface area contributed by atoms with Crippen LogP contribution in [0.4, 0.5) is 0 Å². The lowest BCUT2D eigenvalue weighted by atomic mass is 10.1. The van der Waals surface area contributed by atoms with E-state index in [0.29, 0.717) is 33.0 Å². The number of aromatic amines is 1. The molecule has 3 rings (SSSR count). The van der Waals surface area contributed by atoms with Crippen molar-refractivity contribution in [2.45, 2.75) is 0 Å². The molecular formula is C15H11ClN2O3. The van der Waals surface area contributed by atoms with Gasteiger partial charge in [0.2, 0.25) is 0 Å². The van der Waals surface area contributed by atoms with Gasteiger partial charge in [0.1, 0.15) is 18.2 Å². The lowest BCUT2D eigenvalue weighted by Crippen LogP contribution is -2.03. The smallest absolute Gasteiger partial charge is 0.188 e. The van der Waals surface area contributed by atoms with E-state index in [-0.39, 0.29) is 11.5 Å². The Balaban J connectivity index is 2.13. The number of phenolic OH excluding ortho intramolecular Hbond substituents is 1. The van der Waals surface area contributed by atoms with Gasteiger partial charge in [0.25, 0.3) is 0 Å². The third-order valence-corrected chi connectivity index (χ3v) is 3.40. The number of hydrogen-bond acceptors (Lipinski definition) is 4. The lowest BCUT2D eigenvalue weighted by Gasteiger charge is -2.01. The summed E-state index contributed by atoms with van der Waals surface area (Å²) in [5.74, 6) is 0.155. The van der Waals surface area contributed by atoms with Crippen molar-refractivity contribution < 1.29 is 15.0 Å². The summed E-state index contributed by atoms with van der Waals surface area (Å²) in [5, 5.41) is 19.3. The van der Waals surface area contributed by atoms with Crippen molar-refractivity contribution in [3.63, 3.8) is 0 Å². The number of nitrogens with one attached hydrogen (secondary N) is 1. The number of nitrogens with zero attached hydrogens (tertiary/aromatic N) is 1. The van der Waals surface area contributed by atoms with Gasteiger partial charge in [0.05, 0.1) is 16.6 Å². The van der Waals surface area contributed by atoms with E-state index in [4.69, 9.17) is 16.7 Å². The minimum atomic E-state index is -0.540. The zero-order valence-corrected chi connectivity index (χ0v) is 11.6. The van der Waals surface area contributed by atoms with Crippen LogP contribution in [0.5, 0.6) is 5.75 Å². The quantitative estimate of drug-likeness (QED) is 0.649. The molecule has 0 spiro atoms. The Hall–Kier alpha value is -2.37. The number of fused-ring (bicyclic) bond motifs is 1. The number of imidazole rings is 1. The Labute approximate surface area is 124 Å². The van der Waals surface area contributed by atoms with Gasteiger partial charge in [-0.1, -0.05) is 11.6 Å². The number of aliphatic hydroxyl groups is 1. The van der Waals surface area contributed by atoms with Crippen molar-refractivity contribution in [1.29, 1.82) is 0 Å². The summed E-state index contributed by atoms with van der Waals surface area (Å²) in [4.78, 5) is 18.9. The van der Waals surface area contributed by atoms with E-state index in [1.807, 2.05) is 0 Å². The molecule has 0 saturated carbocycles. The predicted molar refractivity (Wildman–Crippen MR) is 79.6 cm³/mol. The molecule has 2 aromatic carbocycles. The van der Waals surface area contributed by atoms with E-state index in [2.05, 4.69) is 9.97 Å². The van der Waals surface area contributed by atoms with Gasteiger partial charge >= 0.3 is 0 Å². The average molecular weight is 303 g/mol. The third-order valence-electron chi connectivity index (χ3n) is 3.16. The number of ketones is 1. The van der Waals surface area contributed by atoms with Crippen LogP contribution in [0.2, 0.25) is 5.02 Å². The normalized spacial score (nSPS) is 11.0. The number of carbonyl (C=O) groups is 1. The summed E-state index contributed by atoms with van der Waals surface area (Å²) < 4.78 is 0. The molecule has 0 aliphatic rings. The van der Waals surface area contributed by atoms with Gasteiger partial charge in [-0.15, -0.1) is 0 Å². The van der Waals surface area contributed by atoms with E-state index in [9.17, 15) is 9.90 Å². The van der Waals surface area contributed by atoms with Crippen LogP contribution in [-0.2, 0) is 0 Å². The highest BCUT2D eigenvalue weighted by Crippen LogP contribution is 2.31. The van der Waals surface area contributed by atoms with Gasteiger partial charge < -0.3 is 15.2 Å². The van der Waals surface area contributed by atoms with E-state index >= 15 is 0 Å². The molecule has 1 heterocycles. The number of phenols is 1. The fourth-order valence-corrected chi connectivity index (χ4v) is 2.27. The van der Waals surface area contributed by atoms with Crippen LogP contribution in [0.1, 0.15) is 10.4 Å². The molecule has 0 unspecified atom stereocenters. The number of rotatable bonds is 3. The van der Waals surface area contributed by atoms with E-state index in [1.54, 1.807) is 30.3 Å². The Bertz CT molecular complexity index is 842. The number of carbonyl (C=O) groups excluding carboxylic acids is 1. The lowest BCUT2D eigenvalue weighted by molar-refractivity contribution is 0.0904. The summed E-state index contributed by atoms with van der Waals surface area (Å²) >= 11 is 5.93. The van der Waals surface area contributed by atoms with Gasteiger partial charge in [-0.05, 0) is 36.4 Å². The minimum absolute atomic E-state index is 0.0603. The Morgan fingerprint density at radius 2 is 2.05 bits per heavy atom. The highest BCUT2D eigenvalue weighted by Gasteiger charge is 2.12. The molecular weight excluding hydrogens is 292 g/mol. The second-order valence-electron chi connectivity index (χ2n) is 4.56. The largest absolute Gasteiger partial charge is 0.507 e. The highest BCUT2D eigenvalue weighted by atomic mass is 35.5. The fraction of sp³-hybridized carbons (Fsp3) is 0.0667. The Morgan fingerprint density at radius 3 is 2.81 bits per heavy atom. The number of aliphatic hydroxyl groups excluding tert-OH is 1. The van der Waals surface area contributed by atoms with E-state index in [1.165, 1.54) is 6.07 Å². The van der Waals surface area contributed by atoms with E-state index < -0.39 is 6.61 Å². The van der Waals surface area contributed by atoms with Gasteiger partial charge in [-0.25, -0.2) is 4.98 Å². The molecule has 0 saturated heterocycles. The summed E-state index contributed by atoms with van der Waals surface area (Å²) in [6.07, 6.45) is 0. The molecule has 0 aliphatic carbocycles. The van der Waals surface area contributed by atoms with Crippen molar-refractivity contribution in [2.75, 3.05) is 6.61 Å². The molecule has 3 aromatic rings. The predicted octanol–water partition coefficient (Wildman–Crippen LogP) is 2.76. The van der Waals surface area contributed by atoms with Gasteiger partial charge in [-0.3, -0.25) is 4.79 Å². The zero-order chi connectivity index (χ0) is 15.0. The van der Waals surface area contributed by atoms with Crippen LogP contribution in [0.3, 0.4) is 0 Å². The first-order valence-corrected chi connectivity index (χ1v) is 6.59. The first kappa shape index (κ1) is 13.6. The maximum absolute atomic E-state index is 11.5. The second kappa shape index (κ2) is 5.20. The number of H-pyrrole nitrogens is 1. The molecule has 3 N–H and O–H groups in total. The average Bonchev–Trinajstić information content (AvgIpc) is 2.91. The number of benzene rings is 2. The van der Waals surface area contributed by atoms with Crippen molar-refractivity contribution in [1.82, 2.24) is 9.97 Å². The summed E-state index contributed by atoms with van der Waals surface area (Å²) in [6, 6.07) is 9.58. The van der Waals surface area contributed by atoms with E-state index in [0.717, 1.165) is 0 Å². The second-order valence-corrected chi connectivity index (χ2v) is 5.00. The van der Waals surface area contributed by atoms with Crippen LogP contribution in [0.15, 0.2) is 36.4 Å². The zero-order valence-electron chi connectivity index (χ0n) is 10.8. The SMILES string of the molecule is O=C(CO)c1ccc2nc(-c3cc(Cl)ccc3O)[nH]c2c1. The Morgan fingerprint density at radius 1 is 1.24 bits per heavy atom. The number of aromatic nitrogens is 2. The molecule has 21 heavy (non-hydrogen) atoms. The first-order valence-electron chi connectivity index (χ1n) is 6.21. The molecule has 0 aliphatic heterocycles. The van der Waals surface area contributed by atoms with Crippen molar-refractivity contribution >= 4 is 28.4 Å². The van der Waals surface area contributed by atoms with Gasteiger partial charge in [-0.2, -0.15) is 0 Å². The molecule has 0 fully saturated rings. The number of Topliss-reactive ketones (excluding diaryl/α,β-unsaturated/α-hetero) is 1. The topological polar surface area (TPSA) is 86.2 Å². The van der Waals surface area contributed by atoms with Gasteiger partial charge in [0, 0.05) is 10.6 Å². The first-order chi connectivity index (χ1) is 10.1. The molecule has 0 atom stereocenters. The highest BCUT2D eigenvalue weighted by molar-refractivity contribution is 6.30. The molecule has 0 bridgehead atoms. The summed E-state index contributed by atoms with van der Waals surface area (Å²) in [7, 11) is 0. The van der Waals surface area contributed by atoms with Crippen LogP contribution in [0.25, 0.3) is 22.4 Å². The number of hydrogen-bond donors (Lipinski definition) is 3. The van der Waals surface area contributed by atoms with Crippen molar-refractivity contribution in [3.05, 3.63) is 47.0 Å². The van der Waals surface area contributed by atoms with Crippen LogP contribution in [-0.4, -0.2) is 32.6 Å². The number of halogens is 1. The molecule has 106 valence electrons. The molecule has 0 amide bonds. The maximum atomic E-state index is 11.5. The van der Waals surface area contributed by atoms with Crippen LogP contribution >= 0.6 is 11.6 Å².